The summed E-state index contributed by atoms with van der Waals surface area (Å²) < 4.78 is 25.8. The number of thiophene rings is 1. The maximum absolute atomic E-state index is 12.3. The molecule has 19 heavy (non-hydrogen) atoms. The molecule has 0 atom stereocenters. The third-order valence-electron chi connectivity index (χ3n) is 2.62. The van der Waals surface area contributed by atoms with E-state index < -0.39 is 10.0 Å². The minimum Gasteiger partial charge on any atom is -0.198 e. The van der Waals surface area contributed by atoms with Gasteiger partial charge in [0.15, 0.2) is 0 Å². The van der Waals surface area contributed by atoms with E-state index in [1.54, 1.807) is 12.1 Å². The van der Waals surface area contributed by atoms with Crippen molar-refractivity contribution in [2.75, 3.05) is 0 Å². The quantitative estimate of drug-likeness (QED) is 0.745. The van der Waals surface area contributed by atoms with Gasteiger partial charge in [0.1, 0.15) is 4.21 Å². The van der Waals surface area contributed by atoms with Gasteiger partial charge in [0, 0.05) is 11.1 Å². The standard InChI is InChI=1S/C13H10N2O2S2/c16-19(17,15-10-4-9-14-15)13-8-7-12(18-13)11-5-2-1-3-6-11/h1-10H. The van der Waals surface area contributed by atoms with Crippen molar-refractivity contribution < 1.29 is 8.42 Å². The molecule has 96 valence electrons. The Hall–Kier alpha value is -1.92. The van der Waals surface area contributed by atoms with E-state index in [2.05, 4.69) is 5.10 Å². The van der Waals surface area contributed by atoms with Crippen molar-refractivity contribution in [2.24, 2.45) is 0 Å². The van der Waals surface area contributed by atoms with E-state index in [9.17, 15) is 8.42 Å². The van der Waals surface area contributed by atoms with Crippen molar-refractivity contribution in [3.8, 4) is 10.4 Å². The van der Waals surface area contributed by atoms with E-state index in [4.69, 9.17) is 0 Å². The van der Waals surface area contributed by atoms with Gasteiger partial charge in [-0.3, -0.25) is 0 Å². The second kappa shape index (κ2) is 4.64. The van der Waals surface area contributed by atoms with Crippen LogP contribution in [0.1, 0.15) is 0 Å². The van der Waals surface area contributed by atoms with Crippen molar-refractivity contribution in [1.82, 2.24) is 9.19 Å². The van der Waals surface area contributed by atoms with Crippen LogP contribution in [0.25, 0.3) is 10.4 Å². The van der Waals surface area contributed by atoms with E-state index in [0.717, 1.165) is 14.5 Å². The van der Waals surface area contributed by atoms with Crippen molar-refractivity contribution in [2.45, 2.75) is 4.21 Å². The molecule has 1 aromatic carbocycles. The molecule has 6 heteroatoms. The lowest BCUT2D eigenvalue weighted by atomic mass is 10.2. The van der Waals surface area contributed by atoms with Gasteiger partial charge in [0.05, 0.1) is 6.20 Å². The van der Waals surface area contributed by atoms with Gasteiger partial charge >= 0.3 is 0 Å². The van der Waals surface area contributed by atoms with E-state index in [1.807, 2.05) is 36.4 Å². The van der Waals surface area contributed by atoms with Gasteiger partial charge in [-0.25, -0.2) is 0 Å². The first-order valence-corrected chi connectivity index (χ1v) is 7.84. The van der Waals surface area contributed by atoms with Gasteiger partial charge in [0.25, 0.3) is 10.0 Å². The van der Waals surface area contributed by atoms with E-state index in [1.165, 1.54) is 23.7 Å². The fourth-order valence-corrected chi connectivity index (χ4v) is 4.20. The van der Waals surface area contributed by atoms with Crippen LogP contribution in [0.5, 0.6) is 0 Å². The van der Waals surface area contributed by atoms with Crippen LogP contribution < -0.4 is 0 Å². The number of nitrogens with zero attached hydrogens (tertiary/aromatic N) is 2. The second-order valence-electron chi connectivity index (χ2n) is 3.87. The highest BCUT2D eigenvalue weighted by molar-refractivity contribution is 7.92. The molecule has 0 bridgehead atoms. The molecular weight excluding hydrogens is 280 g/mol. The molecule has 0 spiro atoms. The zero-order chi connectivity index (χ0) is 13.3. The molecule has 0 radical (unpaired) electrons. The number of benzene rings is 1. The molecule has 2 aromatic heterocycles. The summed E-state index contributed by atoms with van der Waals surface area (Å²) in [6, 6.07) is 14.7. The summed E-state index contributed by atoms with van der Waals surface area (Å²) in [5, 5.41) is 3.78. The maximum atomic E-state index is 12.3. The summed E-state index contributed by atoms with van der Waals surface area (Å²) >= 11 is 1.24. The van der Waals surface area contributed by atoms with Crippen LogP contribution in [-0.2, 0) is 10.0 Å². The van der Waals surface area contributed by atoms with Crippen LogP contribution in [0.15, 0.2) is 65.1 Å². The van der Waals surface area contributed by atoms with Gasteiger partial charge in [0.2, 0.25) is 0 Å². The molecule has 3 rings (SSSR count). The Balaban J connectivity index is 2.03. The van der Waals surface area contributed by atoms with Gasteiger partial charge < -0.3 is 0 Å². The molecule has 4 nitrogen and oxygen atoms in total. The average molecular weight is 290 g/mol. The van der Waals surface area contributed by atoms with Gasteiger partial charge in [-0.1, -0.05) is 30.3 Å². The molecule has 0 aliphatic rings. The third kappa shape index (κ3) is 2.20. The van der Waals surface area contributed by atoms with Crippen molar-refractivity contribution in [3.63, 3.8) is 0 Å². The number of hydrogen-bond acceptors (Lipinski definition) is 4. The Morgan fingerprint density at radius 2 is 1.79 bits per heavy atom. The molecule has 0 fully saturated rings. The zero-order valence-corrected chi connectivity index (χ0v) is 11.4. The maximum Gasteiger partial charge on any atom is 0.292 e. The van der Waals surface area contributed by atoms with Crippen molar-refractivity contribution in [3.05, 3.63) is 60.9 Å². The lowest BCUT2D eigenvalue weighted by Crippen LogP contribution is -2.11. The van der Waals surface area contributed by atoms with Crippen LogP contribution in [-0.4, -0.2) is 17.6 Å². The minimum atomic E-state index is -3.56. The molecule has 0 amide bonds. The normalized spacial score (nSPS) is 11.6. The number of rotatable bonds is 3. The van der Waals surface area contributed by atoms with Gasteiger partial charge in [-0.15, -0.1) is 11.3 Å². The van der Waals surface area contributed by atoms with Gasteiger partial charge in [-0.2, -0.15) is 17.6 Å². The molecule has 0 saturated heterocycles. The Morgan fingerprint density at radius 1 is 1.00 bits per heavy atom. The average Bonchev–Trinajstić information content (AvgIpc) is 3.12. The highest BCUT2D eigenvalue weighted by atomic mass is 32.2. The lowest BCUT2D eigenvalue weighted by Gasteiger charge is -2.00. The Morgan fingerprint density at radius 3 is 2.47 bits per heavy atom. The Kier molecular flexibility index (Phi) is 2.96. The minimum absolute atomic E-state index is 0.287. The largest absolute Gasteiger partial charge is 0.292 e. The second-order valence-corrected chi connectivity index (χ2v) is 6.97. The Bertz CT molecular complexity index is 775. The van der Waals surface area contributed by atoms with Gasteiger partial charge in [-0.05, 0) is 23.8 Å². The van der Waals surface area contributed by atoms with E-state index in [-0.39, 0.29) is 4.21 Å². The predicted octanol–water partition coefficient (Wildman–Crippen LogP) is 2.85. The molecule has 0 N–H and O–H groups in total. The molecule has 3 aromatic rings. The smallest absolute Gasteiger partial charge is 0.198 e. The number of aromatic nitrogens is 2. The van der Waals surface area contributed by atoms with Crippen LogP contribution in [0.3, 0.4) is 0 Å². The van der Waals surface area contributed by atoms with Crippen molar-refractivity contribution in [1.29, 1.82) is 0 Å². The summed E-state index contributed by atoms with van der Waals surface area (Å²) in [6.07, 6.45) is 2.88. The summed E-state index contributed by atoms with van der Waals surface area (Å²) in [5.74, 6) is 0. The highest BCUT2D eigenvalue weighted by Gasteiger charge is 2.19. The van der Waals surface area contributed by atoms with Crippen LogP contribution in [0.4, 0.5) is 0 Å². The molecule has 0 aliphatic carbocycles. The molecule has 0 saturated carbocycles. The fourth-order valence-electron chi connectivity index (χ4n) is 1.71. The molecule has 0 unspecified atom stereocenters. The highest BCUT2D eigenvalue weighted by Crippen LogP contribution is 2.31. The predicted molar refractivity (Wildman–Crippen MR) is 74.6 cm³/mol. The topological polar surface area (TPSA) is 52.0 Å². The summed E-state index contributed by atoms with van der Waals surface area (Å²) in [6.45, 7) is 0. The van der Waals surface area contributed by atoms with Crippen LogP contribution in [0.2, 0.25) is 0 Å². The summed E-state index contributed by atoms with van der Waals surface area (Å²) in [5.41, 5.74) is 1.01. The summed E-state index contributed by atoms with van der Waals surface area (Å²) in [7, 11) is -3.56. The monoisotopic (exact) mass is 290 g/mol. The SMILES string of the molecule is O=S(=O)(c1ccc(-c2ccccc2)s1)n1cccn1. The first-order chi connectivity index (χ1) is 9.18. The first-order valence-electron chi connectivity index (χ1n) is 5.58. The zero-order valence-electron chi connectivity index (χ0n) is 9.80. The fraction of sp³-hybridized carbons (Fsp3) is 0. The molecule has 0 aliphatic heterocycles. The van der Waals surface area contributed by atoms with Crippen molar-refractivity contribution >= 4 is 21.4 Å². The molecule has 2 heterocycles. The van der Waals surface area contributed by atoms with E-state index >= 15 is 0 Å². The van der Waals surface area contributed by atoms with Crippen LogP contribution >= 0.6 is 11.3 Å². The lowest BCUT2D eigenvalue weighted by molar-refractivity contribution is 0.582. The van der Waals surface area contributed by atoms with Crippen LogP contribution in [0, 0.1) is 0 Å². The number of hydrogen-bond donors (Lipinski definition) is 0. The first kappa shape index (κ1) is 12.1. The van der Waals surface area contributed by atoms with E-state index in [0.29, 0.717) is 0 Å². The third-order valence-corrected chi connectivity index (χ3v) is 5.78. The Labute approximate surface area is 115 Å². The molecular formula is C13H10N2O2S2. The summed E-state index contributed by atoms with van der Waals surface area (Å²) in [4.78, 5) is 0.923.